The maximum atomic E-state index is 10.8. The highest BCUT2D eigenvalue weighted by Crippen LogP contribution is 2.19. The summed E-state index contributed by atoms with van der Waals surface area (Å²) in [6.07, 6.45) is 0. The van der Waals surface area contributed by atoms with Crippen molar-refractivity contribution < 1.29 is 9.90 Å². The predicted octanol–water partition coefficient (Wildman–Crippen LogP) is 2.06. The normalized spacial score (nSPS) is 9.47. The molecule has 0 aromatic heterocycles. The van der Waals surface area contributed by atoms with Crippen LogP contribution in [0.25, 0.3) is 0 Å². The zero-order chi connectivity index (χ0) is 11.4. The van der Waals surface area contributed by atoms with E-state index in [-0.39, 0.29) is 5.56 Å². The van der Waals surface area contributed by atoms with Crippen molar-refractivity contribution in [1.82, 2.24) is 5.32 Å². The molecule has 0 aliphatic carbocycles. The van der Waals surface area contributed by atoms with Gasteiger partial charge < -0.3 is 15.7 Å². The van der Waals surface area contributed by atoms with E-state index in [0.717, 1.165) is 0 Å². The first-order chi connectivity index (χ1) is 7.02. The first kappa shape index (κ1) is 11.9. The Morgan fingerprint density at radius 1 is 1.47 bits per heavy atom. The van der Waals surface area contributed by atoms with Gasteiger partial charge in [-0.3, -0.25) is 0 Å². The quantitative estimate of drug-likeness (QED) is 0.728. The van der Waals surface area contributed by atoms with E-state index in [4.69, 9.17) is 17.3 Å². The van der Waals surface area contributed by atoms with E-state index >= 15 is 0 Å². The van der Waals surface area contributed by atoms with Crippen LogP contribution in [0.4, 0.5) is 5.69 Å². The average molecular weight is 289 g/mol. The van der Waals surface area contributed by atoms with Crippen LogP contribution in [0.1, 0.15) is 10.4 Å². The summed E-state index contributed by atoms with van der Waals surface area (Å²) < 4.78 is 0.684. The third-order valence-corrected chi connectivity index (χ3v) is 2.39. The molecule has 0 saturated carbocycles. The minimum atomic E-state index is -0.977. The van der Waals surface area contributed by atoms with E-state index in [1.807, 2.05) is 0 Å². The topological polar surface area (TPSA) is 61.4 Å². The molecule has 1 aromatic rings. The predicted molar refractivity (Wildman–Crippen MR) is 66.4 cm³/mol. The van der Waals surface area contributed by atoms with E-state index in [9.17, 15) is 4.79 Å². The van der Waals surface area contributed by atoms with Crippen molar-refractivity contribution in [3.8, 4) is 0 Å². The molecule has 0 unspecified atom stereocenters. The van der Waals surface area contributed by atoms with Gasteiger partial charge in [0.05, 0.1) is 5.56 Å². The Bertz CT molecular complexity index is 409. The van der Waals surface area contributed by atoms with Gasteiger partial charge in [-0.2, -0.15) is 0 Å². The molecular weight excluding hydrogens is 280 g/mol. The molecule has 15 heavy (non-hydrogen) atoms. The van der Waals surface area contributed by atoms with Crippen LogP contribution in [0.2, 0.25) is 0 Å². The number of thiocarbonyl (C=S) groups is 1. The highest BCUT2D eigenvalue weighted by Gasteiger charge is 2.06. The number of carboxylic acid groups (broad SMARTS) is 1. The third kappa shape index (κ3) is 3.49. The summed E-state index contributed by atoms with van der Waals surface area (Å²) in [5.41, 5.74) is 0.826. The van der Waals surface area contributed by atoms with Gasteiger partial charge in [-0.1, -0.05) is 15.9 Å². The second-order valence-electron chi connectivity index (χ2n) is 2.74. The maximum absolute atomic E-state index is 10.8. The van der Waals surface area contributed by atoms with Gasteiger partial charge in [0.1, 0.15) is 0 Å². The van der Waals surface area contributed by atoms with Crippen molar-refractivity contribution in [2.45, 2.75) is 0 Å². The Hall–Kier alpha value is -1.14. The maximum Gasteiger partial charge on any atom is 0.335 e. The minimum Gasteiger partial charge on any atom is -0.478 e. The largest absolute Gasteiger partial charge is 0.478 e. The fourth-order valence-corrected chi connectivity index (χ4v) is 1.59. The molecule has 0 fully saturated rings. The summed E-state index contributed by atoms with van der Waals surface area (Å²) in [6.45, 7) is 0. The summed E-state index contributed by atoms with van der Waals surface area (Å²) in [6, 6.07) is 4.78. The van der Waals surface area contributed by atoms with Crippen LogP contribution in [-0.4, -0.2) is 23.2 Å². The van der Waals surface area contributed by atoms with E-state index in [1.165, 1.54) is 12.1 Å². The molecule has 0 atom stereocenters. The van der Waals surface area contributed by atoms with Crippen LogP contribution in [0.5, 0.6) is 0 Å². The lowest BCUT2D eigenvalue weighted by atomic mass is 10.2. The number of benzene rings is 1. The fraction of sp³-hybridized carbons (Fsp3) is 0.111. The zero-order valence-electron chi connectivity index (χ0n) is 7.87. The van der Waals surface area contributed by atoms with Crippen molar-refractivity contribution in [1.29, 1.82) is 0 Å². The highest BCUT2D eigenvalue weighted by atomic mass is 79.9. The number of hydrogen-bond donors (Lipinski definition) is 3. The molecule has 0 aliphatic rings. The SMILES string of the molecule is CNC(=S)Nc1cc(Br)cc(C(=O)O)c1. The van der Waals surface area contributed by atoms with Crippen LogP contribution < -0.4 is 10.6 Å². The summed E-state index contributed by atoms with van der Waals surface area (Å²) in [7, 11) is 1.69. The number of rotatable bonds is 2. The standard InChI is InChI=1S/C9H9BrN2O2S/c1-11-9(15)12-7-3-5(8(13)14)2-6(10)4-7/h2-4H,1H3,(H,13,14)(H2,11,12,15). The molecule has 3 N–H and O–H groups in total. The lowest BCUT2D eigenvalue weighted by Gasteiger charge is -2.08. The molecular formula is C9H9BrN2O2S. The van der Waals surface area contributed by atoms with Crippen molar-refractivity contribution in [2.24, 2.45) is 0 Å². The lowest BCUT2D eigenvalue weighted by molar-refractivity contribution is 0.0697. The molecule has 0 amide bonds. The van der Waals surface area contributed by atoms with Gasteiger partial charge in [0, 0.05) is 17.2 Å². The van der Waals surface area contributed by atoms with Gasteiger partial charge >= 0.3 is 5.97 Å². The smallest absolute Gasteiger partial charge is 0.335 e. The molecule has 0 saturated heterocycles. The monoisotopic (exact) mass is 288 g/mol. The number of carboxylic acids is 1. The summed E-state index contributed by atoms with van der Waals surface area (Å²) in [5.74, 6) is -0.977. The van der Waals surface area contributed by atoms with E-state index in [2.05, 4.69) is 26.6 Å². The average Bonchev–Trinajstić information content (AvgIpc) is 2.16. The molecule has 0 aliphatic heterocycles. The van der Waals surface area contributed by atoms with Gasteiger partial charge in [-0.25, -0.2) is 4.79 Å². The third-order valence-electron chi connectivity index (χ3n) is 1.63. The summed E-state index contributed by atoms with van der Waals surface area (Å²) in [4.78, 5) is 10.8. The molecule has 6 heteroatoms. The molecule has 0 heterocycles. The number of aromatic carboxylic acids is 1. The van der Waals surface area contributed by atoms with E-state index in [1.54, 1.807) is 13.1 Å². The first-order valence-corrected chi connectivity index (χ1v) is 5.25. The zero-order valence-corrected chi connectivity index (χ0v) is 10.3. The Balaban J connectivity index is 2.98. The Morgan fingerprint density at radius 3 is 2.67 bits per heavy atom. The molecule has 1 aromatic carbocycles. The van der Waals surface area contributed by atoms with Crippen molar-refractivity contribution in [3.05, 3.63) is 28.2 Å². The summed E-state index contributed by atoms with van der Waals surface area (Å²) >= 11 is 8.13. The fourth-order valence-electron chi connectivity index (χ4n) is 0.979. The molecule has 80 valence electrons. The molecule has 0 radical (unpaired) electrons. The van der Waals surface area contributed by atoms with Gasteiger partial charge in [-0.05, 0) is 30.4 Å². The van der Waals surface area contributed by atoms with Gasteiger partial charge in [-0.15, -0.1) is 0 Å². The second kappa shape index (κ2) is 5.09. The number of nitrogens with one attached hydrogen (secondary N) is 2. The lowest BCUT2D eigenvalue weighted by Crippen LogP contribution is -2.24. The first-order valence-electron chi connectivity index (χ1n) is 4.05. The van der Waals surface area contributed by atoms with Crippen molar-refractivity contribution in [2.75, 3.05) is 12.4 Å². The van der Waals surface area contributed by atoms with E-state index in [0.29, 0.717) is 15.3 Å². The number of carbonyl (C=O) groups is 1. The van der Waals surface area contributed by atoms with Crippen LogP contribution in [0, 0.1) is 0 Å². The Kier molecular flexibility index (Phi) is 4.05. The number of hydrogen-bond acceptors (Lipinski definition) is 2. The van der Waals surface area contributed by atoms with Gasteiger partial charge in [0.2, 0.25) is 0 Å². The van der Waals surface area contributed by atoms with Crippen LogP contribution in [0.3, 0.4) is 0 Å². The molecule has 0 bridgehead atoms. The molecule has 4 nitrogen and oxygen atoms in total. The van der Waals surface area contributed by atoms with E-state index < -0.39 is 5.97 Å². The van der Waals surface area contributed by atoms with Crippen LogP contribution >= 0.6 is 28.1 Å². The van der Waals surface area contributed by atoms with Crippen molar-refractivity contribution in [3.63, 3.8) is 0 Å². The minimum absolute atomic E-state index is 0.200. The molecule has 1 rings (SSSR count). The molecule has 0 spiro atoms. The van der Waals surface area contributed by atoms with Crippen LogP contribution in [-0.2, 0) is 0 Å². The Morgan fingerprint density at radius 2 is 2.13 bits per heavy atom. The number of anilines is 1. The second-order valence-corrected chi connectivity index (χ2v) is 4.06. The summed E-state index contributed by atoms with van der Waals surface area (Å²) in [5, 5.41) is 14.9. The van der Waals surface area contributed by atoms with Gasteiger partial charge in [0.25, 0.3) is 0 Å². The van der Waals surface area contributed by atoms with Crippen molar-refractivity contribution >= 4 is 44.9 Å². The van der Waals surface area contributed by atoms with Crippen LogP contribution in [0.15, 0.2) is 22.7 Å². The highest BCUT2D eigenvalue weighted by molar-refractivity contribution is 9.10. The Labute approximate surface area is 101 Å². The number of halogens is 1. The van der Waals surface area contributed by atoms with Gasteiger partial charge in [0.15, 0.2) is 5.11 Å².